The molecule has 0 amide bonds. The van der Waals surface area contributed by atoms with Crippen LogP contribution in [0.1, 0.15) is 17.0 Å². The number of nitrogens with zero attached hydrogens (tertiary/aromatic N) is 5. The molecule has 0 radical (unpaired) electrons. The largest absolute Gasteiger partial charge is 0.361 e. The Kier molecular flexibility index (Phi) is 4.78. The summed E-state index contributed by atoms with van der Waals surface area (Å²) >= 11 is 0. The van der Waals surface area contributed by atoms with Crippen molar-refractivity contribution in [2.75, 3.05) is 0 Å². The summed E-state index contributed by atoms with van der Waals surface area (Å²) in [7, 11) is 0. The minimum Gasteiger partial charge on any atom is -0.361 e. The van der Waals surface area contributed by atoms with E-state index < -0.39 is 0 Å². The van der Waals surface area contributed by atoms with E-state index in [1.165, 1.54) is 6.07 Å². The molecule has 7 heteroatoms. The fraction of sp³-hybridized carbons (Fsp3) is 0.120. The first-order valence-electron chi connectivity index (χ1n) is 10.3. The molecule has 0 N–H and O–H groups in total. The van der Waals surface area contributed by atoms with Crippen LogP contribution in [0.15, 0.2) is 82.4 Å². The van der Waals surface area contributed by atoms with Crippen LogP contribution in [-0.4, -0.2) is 24.7 Å². The molecule has 0 aliphatic carbocycles. The van der Waals surface area contributed by atoms with Gasteiger partial charge in [-0.25, -0.2) is 9.36 Å². The number of rotatable bonds is 4. The summed E-state index contributed by atoms with van der Waals surface area (Å²) in [5, 5.41) is 13.1. The second-order valence-corrected chi connectivity index (χ2v) is 7.64. The molecule has 0 unspecified atom stereocenters. The van der Waals surface area contributed by atoms with E-state index in [0.29, 0.717) is 11.4 Å². The first-order valence-corrected chi connectivity index (χ1v) is 10.3. The third-order valence-electron chi connectivity index (χ3n) is 5.46. The number of benzene rings is 2. The normalized spacial score (nSPS) is 11.1. The summed E-state index contributed by atoms with van der Waals surface area (Å²) in [4.78, 5) is 12.7. The van der Waals surface area contributed by atoms with Gasteiger partial charge in [-0.3, -0.25) is 4.79 Å². The number of aromatic nitrogens is 5. The Morgan fingerprint density at radius 1 is 0.938 bits per heavy atom. The topological polar surface area (TPSA) is 78.7 Å². The molecule has 7 nitrogen and oxygen atoms in total. The van der Waals surface area contributed by atoms with Crippen molar-refractivity contribution in [2.24, 2.45) is 0 Å². The summed E-state index contributed by atoms with van der Waals surface area (Å²) in [6.07, 6.45) is 3.36. The Morgan fingerprint density at radius 3 is 2.47 bits per heavy atom. The molecule has 0 spiro atoms. The molecular formula is C25H21N5O2. The molecule has 3 aromatic heterocycles. The molecular weight excluding hydrogens is 402 g/mol. The first-order chi connectivity index (χ1) is 15.5. The molecule has 32 heavy (non-hydrogen) atoms. The SMILES string of the molecule is Cc1cc(-c2c(C)noc2C)ccc1-n1ccc(=O)c(-c2ccnn2-c2ccccc2)n1. The molecule has 2 aromatic carbocycles. The summed E-state index contributed by atoms with van der Waals surface area (Å²) in [6, 6.07) is 19.1. The third kappa shape index (κ3) is 3.33. The van der Waals surface area contributed by atoms with Crippen LogP contribution in [0, 0.1) is 20.8 Å². The van der Waals surface area contributed by atoms with Crippen LogP contribution < -0.4 is 5.43 Å². The summed E-state index contributed by atoms with van der Waals surface area (Å²) < 4.78 is 8.76. The minimum absolute atomic E-state index is 0.163. The zero-order chi connectivity index (χ0) is 22.2. The van der Waals surface area contributed by atoms with Crippen LogP contribution in [0.2, 0.25) is 0 Å². The monoisotopic (exact) mass is 423 g/mol. The van der Waals surface area contributed by atoms with Gasteiger partial charge in [0, 0.05) is 17.8 Å². The number of hydrogen-bond acceptors (Lipinski definition) is 5. The predicted molar refractivity (Wildman–Crippen MR) is 122 cm³/mol. The zero-order valence-corrected chi connectivity index (χ0v) is 18.0. The highest BCUT2D eigenvalue weighted by molar-refractivity contribution is 5.70. The molecule has 0 aliphatic heterocycles. The smallest absolute Gasteiger partial charge is 0.209 e. The Balaban J connectivity index is 1.59. The Morgan fingerprint density at radius 2 is 1.75 bits per heavy atom. The maximum Gasteiger partial charge on any atom is 0.209 e. The predicted octanol–water partition coefficient (Wildman–Crippen LogP) is 4.67. The van der Waals surface area contributed by atoms with Gasteiger partial charge >= 0.3 is 0 Å². The maximum absolute atomic E-state index is 12.7. The molecule has 0 atom stereocenters. The van der Waals surface area contributed by atoms with E-state index in [0.717, 1.165) is 39.5 Å². The van der Waals surface area contributed by atoms with Gasteiger partial charge in [0.1, 0.15) is 5.76 Å². The van der Waals surface area contributed by atoms with Crippen molar-refractivity contribution in [3.05, 3.63) is 100 Å². The van der Waals surface area contributed by atoms with Crippen molar-refractivity contribution in [3.8, 4) is 33.9 Å². The summed E-state index contributed by atoms with van der Waals surface area (Å²) in [5.41, 5.74) is 6.46. The van der Waals surface area contributed by atoms with Gasteiger partial charge in [0.25, 0.3) is 0 Å². The number of aryl methyl sites for hydroxylation is 3. The van der Waals surface area contributed by atoms with Crippen LogP contribution in [0.5, 0.6) is 0 Å². The van der Waals surface area contributed by atoms with Gasteiger partial charge in [0.2, 0.25) is 5.43 Å². The molecule has 0 fully saturated rings. The fourth-order valence-electron chi connectivity index (χ4n) is 3.94. The van der Waals surface area contributed by atoms with Gasteiger partial charge in [-0.05, 0) is 62.2 Å². The molecule has 0 aliphatic rings. The molecule has 158 valence electrons. The highest BCUT2D eigenvalue weighted by Gasteiger charge is 2.16. The van der Waals surface area contributed by atoms with E-state index in [1.54, 1.807) is 27.8 Å². The third-order valence-corrected chi connectivity index (χ3v) is 5.46. The van der Waals surface area contributed by atoms with E-state index in [-0.39, 0.29) is 5.43 Å². The van der Waals surface area contributed by atoms with Gasteiger partial charge in [0.05, 0.1) is 29.0 Å². The average molecular weight is 423 g/mol. The standard InChI is InChI=1S/C25H21N5O2/c1-16-15-19(24-17(2)28-32-18(24)3)9-10-21(16)29-14-12-23(31)25(27-29)22-11-13-26-30(22)20-7-5-4-6-8-20/h4-15H,1-3H3. The van der Waals surface area contributed by atoms with Crippen molar-refractivity contribution < 1.29 is 4.52 Å². The lowest BCUT2D eigenvalue weighted by Crippen LogP contribution is -2.15. The fourth-order valence-corrected chi connectivity index (χ4v) is 3.94. The van der Waals surface area contributed by atoms with Gasteiger partial charge in [0.15, 0.2) is 5.69 Å². The average Bonchev–Trinajstić information content (AvgIpc) is 3.41. The van der Waals surface area contributed by atoms with Crippen LogP contribution in [0.4, 0.5) is 0 Å². The lowest BCUT2D eigenvalue weighted by Gasteiger charge is -2.13. The molecule has 0 saturated carbocycles. The first kappa shape index (κ1) is 19.7. The van der Waals surface area contributed by atoms with Gasteiger partial charge in [-0.1, -0.05) is 29.4 Å². The Bertz CT molecular complexity index is 1460. The molecule has 3 heterocycles. The molecule has 5 aromatic rings. The number of para-hydroxylation sites is 1. The van der Waals surface area contributed by atoms with E-state index in [9.17, 15) is 4.79 Å². The van der Waals surface area contributed by atoms with E-state index >= 15 is 0 Å². The Labute approximate surface area is 184 Å². The quantitative estimate of drug-likeness (QED) is 0.420. The summed E-state index contributed by atoms with van der Waals surface area (Å²) in [6.45, 7) is 5.86. The number of hydrogen-bond donors (Lipinski definition) is 0. The van der Waals surface area contributed by atoms with Crippen molar-refractivity contribution in [1.29, 1.82) is 0 Å². The van der Waals surface area contributed by atoms with Gasteiger partial charge in [-0.15, -0.1) is 0 Å². The second-order valence-electron chi connectivity index (χ2n) is 7.64. The van der Waals surface area contributed by atoms with E-state index in [4.69, 9.17) is 4.52 Å². The van der Waals surface area contributed by atoms with E-state index in [2.05, 4.69) is 21.4 Å². The van der Waals surface area contributed by atoms with Crippen molar-refractivity contribution >= 4 is 0 Å². The maximum atomic E-state index is 12.7. The van der Waals surface area contributed by atoms with Crippen molar-refractivity contribution in [1.82, 2.24) is 24.7 Å². The van der Waals surface area contributed by atoms with Crippen LogP contribution in [0.25, 0.3) is 33.9 Å². The molecule has 0 saturated heterocycles. The highest BCUT2D eigenvalue weighted by atomic mass is 16.5. The summed E-state index contributed by atoms with van der Waals surface area (Å²) in [5.74, 6) is 0.785. The highest BCUT2D eigenvalue weighted by Crippen LogP contribution is 2.29. The van der Waals surface area contributed by atoms with Crippen molar-refractivity contribution in [3.63, 3.8) is 0 Å². The van der Waals surface area contributed by atoms with Crippen LogP contribution in [-0.2, 0) is 0 Å². The van der Waals surface area contributed by atoms with Crippen molar-refractivity contribution in [2.45, 2.75) is 20.8 Å². The second kappa shape index (κ2) is 7.77. The lowest BCUT2D eigenvalue weighted by molar-refractivity contribution is 0.393. The Hall–Kier alpha value is -4.26. The zero-order valence-electron chi connectivity index (χ0n) is 18.0. The minimum atomic E-state index is -0.163. The van der Waals surface area contributed by atoms with Gasteiger partial charge < -0.3 is 4.52 Å². The van der Waals surface area contributed by atoms with Crippen LogP contribution in [0.3, 0.4) is 0 Å². The lowest BCUT2D eigenvalue weighted by atomic mass is 10.0. The molecule has 5 rings (SSSR count). The van der Waals surface area contributed by atoms with E-state index in [1.807, 2.05) is 63.2 Å². The molecule has 0 bridgehead atoms. The van der Waals surface area contributed by atoms with Gasteiger partial charge in [-0.2, -0.15) is 10.2 Å². The van der Waals surface area contributed by atoms with Crippen LogP contribution >= 0.6 is 0 Å².